The Morgan fingerprint density at radius 3 is 2.32 bits per heavy atom. The Labute approximate surface area is 110 Å². The molecule has 0 aliphatic carbocycles. The number of hydrogen-bond donors (Lipinski definition) is 0. The summed E-state index contributed by atoms with van der Waals surface area (Å²) in [5.74, 6) is -1.31. The van der Waals surface area contributed by atoms with Crippen LogP contribution in [0, 0.1) is 12.7 Å². The lowest BCUT2D eigenvalue weighted by molar-refractivity contribution is 0.0894. The summed E-state index contributed by atoms with van der Waals surface area (Å²) in [6, 6.07) is 8.05. The second-order valence-corrected chi connectivity index (χ2v) is 4.28. The maximum Gasteiger partial charge on any atom is 0.172 e. The third-order valence-electron chi connectivity index (χ3n) is 2.72. The van der Waals surface area contributed by atoms with Gasteiger partial charge in [0.25, 0.3) is 0 Å². The number of Topliss-reactive ketones (excluding diaryl/α,β-unsaturated/α-hetero) is 2. The second-order valence-electron chi connectivity index (χ2n) is 4.28. The zero-order chi connectivity index (χ0) is 13.8. The highest BCUT2D eigenvalue weighted by Gasteiger charge is 2.14. The molecular weight excluding hydrogens is 245 g/mol. The molecule has 0 saturated carbocycles. The molecule has 0 radical (unpaired) electrons. The molecule has 0 amide bonds. The number of hydrogen-bond acceptors (Lipinski definition) is 3. The normalized spacial score (nSPS) is 10.2. The Hall–Kier alpha value is -2.36. The third-order valence-corrected chi connectivity index (χ3v) is 2.72. The van der Waals surface area contributed by atoms with Crippen molar-refractivity contribution in [2.24, 2.45) is 0 Å². The van der Waals surface area contributed by atoms with Crippen LogP contribution in [0.15, 0.2) is 42.7 Å². The first-order chi connectivity index (χ1) is 9.06. The molecule has 0 saturated heterocycles. The highest BCUT2D eigenvalue weighted by Crippen LogP contribution is 2.10. The fraction of sp³-hybridized carbons (Fsp3) is 0.133. The van der Waals surface area contributed by atoms with E-state index in [9.17, 15) is 14.0 Å². The van der Waals surface area contributed by atoms with E-state index in [-0.39, 0.29) is 17.8 Å². The average Bonchev–Trinajstić information content (AvgIpc) is 2.39. The van der Waals surface area contributed by atoms with Crippen LogP contribution < -0.4 is 0 Å². The van der Waals surface area contributed by atoms with Gasteiger partial charge in [0.05, 0.1) is 12.6 Å². The molecule has 3 nitrogen and oxygen atoms in total. The molecule has 0 bridgehead atoms. The van der Waals surface area contributed by atoms with Crippen molar-refractivity contribution >= 4 is 11.6 Å². The molecule has 2 rings (SSSR count). The van der Waals surface area contributed by atoms with Gasteiger partial charge < -0.3 is 0 Å². The van der Waals surface area contributed by atoms with Crippen molar-refractivity contribution in [1.29, 1.82) is 0 Å². The summed E-state index contributed by atoms with van der Waals surface area (Å²) in [6.45, 7) is 1.91. The van der Waals surface area contributed by atoms with Gasteiger partial charge in [-0.15, -0.1) is 0 Å². The molecule has 0 aliphatic rings. The summed E-state index contributed by atoms with van der Waals surface area (Å²) in [5.41, 5.74) is 1.63. The van der Waals surface area contributed by atoms with Crippen molar-refractivity contribution in [2.45, 2.75) is 13.3 Å². The van der Waals surface area contributed by atoms with Gasteiger partial charge in [0.1, 0.15) is 5.82 Å². The third kappa shape index (κ3) is 3.31. The molecule has 2 aromatic rings. The Bertz CT molecular complexity index is 620. The van der Waals surface area contributed by atoms with Gasteiger partial charge in [0.15, 0.2) is 11.6 Å². The predicted molar refractivity (Wildman–Crippen MR) is 68.7 cm³/mol. The van der Waals surface area contributed by atoms with E-state index in [0.717, 1.165) is 17.8 Å². The van der Waals surface area contributed by atoms with E-state index in [1.807, 2.05) is 6.92 Å². The molecular formula is C15H12FNO2. The molecule has 4 heteroatoms. The largest absolute Gasteiger partial charge is 0.294 e. The van der Waals surface area contributed by atoms with E-state index >= 15 is 0 Å². The van der Waals surface area contributed by atoms with Crippen LogP contribution in [0.5, 0.6) is 0 Å². The Kier molecular flexibility index (Phi) is 3.80. The van der Waals surface area contributed by atoms with E-state index in [4.69, 9.17) is 0 Å². The van der Waals surface area contributed by atoms with E-state index in [0.29, 0.717) is 5.56 Å². The second kappa shape index (κ2) is 5.52. The molecule has 1 aromatic heterocycles. The summed E-state index contributed by atoms with van der Waals surface area (Å²) >= 11 is 0. The van der Waals surface area contributed by atoms with Gasteiger partial charge in [-0.05, 0) is 13.0 Å². The maximum absolute atomic E-state index is 12.9. The predicted octanol–water partition coefficient (Wildman–Crippen LogP) is 2.98. The number of benzene rings is 1. The van der Waals surface area contributed by atoms with Gasteiger partial charge in [0, 0.05) is 17.3 Å². The minimum absolute atomic E-state index is 0.112. The van der Waals surface area contributed by atoms with Crippen LogP contribution in [-0.4, -0.2) is 16.6 Å². The fourth-order valence-electron chi connectivity index (χ4n) is 1.65. The summed E-state index contributed by atoms with van der Waals surface area (Å²) in [4.78, 5) is 27.3. The van der Waals surface area contributed by atoms with E-state index in [1.54, 1.807) is 24.3 Å². The summed E-state index contributed by atoms with van der Waals surface area (Å²) in [6.07, 6.45) is 1.99. The Balaban J connectivity index is 2.11. The molecule has 0 unspecified atom stereocenters. The number of carbonyl (C=O) groups excluding carboxylic acids is 2. The Morgan fingerprint density at radius 2 is 1.68 bits per heavy atom. The van der Waals surface area contributed by atoms with E-state index < -0.39 is 11.6 Å². The van der Waals surface area contributed by atoms with Crippen LogP contribution in [0.3, 0.4) is 0 Å². The van der Waals surface area contributed by atoms with Crippen LogP contribution in [-0.2, 0) is 0 Å². The minimum Gasteiger partial charge on any atom is -0.294 e. The number of carbonyl (C=O) groups is 2. The topological polar surface area (TPSA) is 47.0 Å². The molecule has 0 N–H and O–H groups in total. The number of aryl methyl sites for hydroxylation is 1. The number of ketones is 2. The lowest BCUT2D eigenvalue weighted by Gasteiger charge is -2.02. The maximum atomic E-state index is 12.9. The first-order valence-corrected chi connectivity index (χ1v) is 5.80. The van der Waals surface area contributed by atoms with Crippen molar-refractivity contribution in [3.63, 3.8) is 0 Å². The fourth-order valence-corrected chi connectivity index (χ4v) is 1.65. The molecule has 0 spiro atoms. The Morgan fingerprint density at radius 1 is 1.05 bits per heavy atom. The summed E-state index contributed by atoms with van der Waals surface area (Å²) < 4.78 is 12.9. The molecule has 1 aromatic carbocycles. The van der Waals surface area contributed by atoms with Crippen molar-refractivity contribution in [2.75, 3.05) is 0 Å². The molecule has 19 heavy (non-hydrogen) atoms. The standard InChI is InChI=1S/C15H12FNO2/c1-10-2-4-11(5-3-10)14(18)7-15(19)12-6-13(16)9-17-8-12/h2-6,8-9H,7H2,1H3. The summed E-state index contributed by atoms with van der Waals surface area (Å²) in [7, 11) is 0. The van der Waals surface area contributed by atoms with Crippen molar-refractivity contribution in [3.05, 3.63) is 65.2 Å². The smallest absolute Gasteiger partial charge is 0.172 e. The van der Waals surface area contributed by atoms with Crippen molar-refractivity contribution in [3.8, 4) is 0 Å². The van der Waals surface area contributed by atoms with Gasteiger partial charge >= 0.3 is 0 Å². The highest BCUT2D eigenvalue weighted by molar-refractivity contribution is 6.13. The number of nitrogens with zero attached hydrogens (tertiary/aromatic N) is 1. The average molecular weight is 257 g/mol. The van der Waals surface area contributed by atoms with Crippen LogP contribution >= 0.6 is 0 Å². The molecule has 1 heterocycles. The van der Waals surface area contributed by atoms with E-state index in [2.05, 4.69) is 4.98 Å². The molecule has 0 aliphatic heterocycles. The van der Waals surface area contributed by atoms with Gasteiger partial charge in [-0.2, -0.15) is 0 Å². The number of aromatic nitrogens is 1. The number of pyridine rings is 1. The number of halogens is 1. The lowest BCUT2D eigenvalue weighted by Crippen LogP contribution is -2.09. The van der Waals surface area contributed by atoms with Gasteiger partial charge in [-0.1, -0.05) is 29.8 Å². The first kappa shape index (κ1) is 13.1. The molecule has 0 atom stereocenters. The minimum atomic E-state index is -0.589. The highest BCUT2D eigenvalue weighted by atomic mass is 19.1. The zero-order valence-corrected chi connectivity index (χ0v) is 10.4. The van der Waals surface area contributed by atoms with Crippen LogP contribution in [0.1, 0.15) is 32.7 Å². The van der Waals surface area contributed by atoms with Crippen LogP contribution in [0.4, 0.5) is 4.39 Å². The van der Waals surface area contributed by atoms with Crippen LogP contribution in [0.25, 0.3) is 0 Å². The SMILES string of the molecule is Cc1ccc(C(=O)CC(=O)c2cncc(F)c2)cc1. The zero-order valence-electron chi connectivity index (χ0n) is 10.4. The monoisotopic (exact) mass is 257 g/mol. The van der Waals surface area contributed by atoms with Crippen LogP contribution in [0.2, 0.25) is 0 Å². The van der Waals surface area contributed by atoms with Gasteiger partial charge in [0.2, 0.25) is 0 Å². The molecule has 0 fully saturated rings. The first-order valence-electron chi connectivity index (χ1n) is 5.80. The molecule has 96 valence electrons. The van der Waals surface area contributed by atoms with Gasteiger partial charge in [-0.25, -0.2) is 4.39 Å². The summed E-state index contributed by atoms with van der Waals surface area (Å²) in [5, 5.41) is 0. The van der Waals surface area contributed by atoms with Crippen molar-refractivity contribution in [1.82, 2.24) is 4.98 Å². The number of rotatable bonds is 4. The lowest BCUT2D eigenvalue weighted by atomic mass is 10.0. The van der Waals surface area contributed by atoms with Crippen molar-refractivity contribution < 1.29 is 14.0 Å². The quantitative estimate of drug-likeness (QED) is 0.625. The van der Waals surface area contributed by atoms with E-state index in [1.165, 1.54) is 6.20 Å². The van der Waals surface area contributed by atoms with Gasteiger partial charge in [-0.3, -0.25) is 14.6 Å².